The van der Waals surface area contributed by atoms with Gasteiger partial charge in [-0.2, -0.15) is 0 Å². The van der Waals surface area contributed by atoms with Gasteiger partial charge in [0, 0.05) is 23.8 Å². The van der Waals surface area contributed by atoms with Crippen LogP contribution in [0, 0.1) is 10.1 Å². The third-order valence-corrected chi connectivity index (χ3v) is 4.46. The monoisotopic (exact) mass is 345 g/mol. The van der Waals surface area contributed by atoms with Gasteiger partial charge in [0.2, 0.25) is 0 Å². The van der Waals surface area contributed by atoms with Crippen molar-refractivity contribution in [1.29, 1.82) is 0 Å². The van der Waals surface area contributed by atoms with Crippen LogP contribution in [0.4, 0.5) is 5.88 Å². The van der Waals surface area contributed by atoms with Crippen LogP contribution in [0.5, 0.6) is 0 Å². The van der Waals surface area contributed by atoms with E-state index in [0.717, 1.165) is 10.6 Å². The lowest BCUT2D eigenvalue weighted by Crippen LogP contribution is -2.30. The van der Waals surface area contributed by atoms with Crippen LogP contribution in [0.3, 0.4) is 0 Å². The Bertz CT molecular complexity index is 850. The van der Waals surface area contributed by atoms with E-state index >= 15 is 0 Å². The van der Waals surface area contributed by atoms with Crippen molar-refractivity contribution < 1.29 is 14.1 Å². The third kappa shape index (κ3) is 3.38. The topological polar surface area (TPSA) is 81.5 Å². The molecule has 24 heavy (non-hydrogen) atoms. The van der Waals surface area contributed by atoms with Crippen molar-refractivity contribution in [3.05, 3.63) is 74.4 Å². The van der Waals surface area contributed by atoms with Crippen molar-refractivity contribution in [2.24, 2.45) is 7.05 Å². The molecule has 7 nitrogen and oxygen atoms in total. The summed E-state index contributed by atoms with van der Waals surface area (Å²) in [5, 5.41) is 12.7. The summed E-state index contributed by atoms with van der Waals surface area (Å²) in [6, 6.07) is 10.2. The van der Waals surface area contributed by atoms with Crippen molar-refractivity contribution in [3.63, 3.8) is 0 Å². The van der Waals surface area contributed by atoms with Gasteiger partial charge in [-0.25, -0.2) is 0 Å². The highest BCUT2D eigenvalue weighted by Crippen LogP contribution is 2.21. The number of hydrogen-bond donors (Lipinski definition) is 0. The molecule has 0 unspecified atom stereocenters. The molecule has 3 rings (SSSR count). The van der Waals surface area contributed by atoms with E-state index < -0.39 is 10.8 Å². The van der Waals surface area contributed by atoms with Gasteiger partial charge in [-0.3, -0.25) is 14.9 Å². The highest BCUT2D eigenvalue weighted by molar-refractivity contribution is 7.09. The highest BCUT2D eigenvalue weighted by atomic mass is 32.1. The molecule has 0 aliphatic carbocycles. The van der Waals surface area contributed by atoms with E-state index in [2.05, 4.69) is 0 Å². The molecule has 3 aromatic rings. The number of aryl methyl sites for hydroxylation is 1. The number of amides is 1. The minimum absolute atomic E-state index is 0.0348. The summed E-state index contributed by atoms with van der Waals surface area (Å²) in [6.45, 7) is 0.797. The Kier molecular flexibility index (Phi) is 4.48. The van der Waals surface area contributed by atoms with Crippen molar-refractivity contribution in [3.8, 4) is 0 Å². The first-order chi connectivity index (χ1) is 11.5. The molecule has 8 heteroatoms. The molecule has 0 aromatic carbocycles. The molecule has 0 radical (unpaired) electrons. The fourth-order valence-electron chi connectivity index (χ4n) is 2.34. The average molecular weight is 345 g/mol. The van der Waals surface area contributed by atoms with Crippen LogP contribution in [0.2, 0.25) is 0 Å². The maximum absolute atomic E-state index is 12.7. The average Bonchev–Trinajstić information content (AvgIpc) is 3.28. The summed E-state index contributed by atoms with van der Waals surface area (Å²) >= 11 is 1.55. The van der Waals surface area contributed by atoms with E-state index in [1.54, 1.807) is 16.2 Å². The molecule has 0 saturated heterocycles. The van der Waals surface area contributed by atoms with Crippen LogP contribution in [0.1, 0.15) is 21.1 Å². The van der Waals surface area contributed by atoms with Crippen LogP contribution in [0.15, 0.2) is 52.4 Å². The van der Waals surface area contributed by atoms with Gasteiger partial charge >= 0.3 is 5.88 Å². The normalized spacial score (nSPS) is 10.7. The standard InChI is InChI=1S/C16H15N3O4S/c1-17-8-2-4-12(17)10-18(11-13-5-3-9-24-13)16(20)14-6-7-15(23-14)19(21)22/h2-9H,10-11H2,1H3. The molecule has 0 aliphatic heterocycles. The summed E-state index contributed by atoms with van der Waals surface area (Å²) in [5.41, 5.74) is 0.959. The second-order valence-corrected chi connectivity index (χ2v) is 6.28. The smallest absolute Gasteiger partial charge is 0.395 e. The number of carbonyl (C=O) groups is 1. The number of furan rings is 1. The van der Waals surface area contributed by atoms with Crippen molar-refractivity contribution in [2.75, 3.05) is 0 Å². The quantitative estimate of drug-likeness (QED) is 0.506. The van der Waals surface area contributed by atoms with Gasteiger partial charge in [0.15, 0.2) is 5.76 Å². The van der Waals surface area contributed by atoms with Crippen LogP contribution in [0.25, 0.3) is 0 Å². The van der Waals surface area contributed by atoms with Gasteiger partial charge in [0.05, 0.1) is 19.2 Å². The van der Waals surface area contributed by atoms with E-state index in [-0.39, 0.29) is 11.7 Å². The number of hydrogen-bond acceptors (Lipinski definition) is 5. The number of rotatable bonds is 6. The summed E-state index contributed by atoms with van der Waals surface area (Å²) < 4.78 is 6.99. The van der Waals surface area contributed by atoms with E-state index in [0.29, 0.717) is 13.1 Å². The number of carbonyl (C=O) groups excluding carboxylic acids is 1. The maximum Gasteiger partial charge on any atom is 0.433 e. The van der Waals surface area contributed by atoms with Gasteiger partial charge < -0.3 is 13.9 Å². The number of nitro groups is 1. The lowest BCUT2D eigenvalue weighted by molar-refractivity contribution is -0.402. The third-order valence-electron chi connectivity index (χ3n) is 3.60. The number of nitrogens with zero attached hydrogens (tertiary/aromatic N) is 3. The minimum atomic E-state index is -0.655. The Labute approximate surface area is 141 Å². The largest absolute Gasteiger partial charge is 0.433 e. The predicted molar refractivity (Wildman–Crippen MR) is 88.7 cm³/mol. The second-order valence-electron chi connectivity index (χ2n) is 5.25. The first-order valence-electron chi connectivity index (χ1n) is 7.20. The Hall–Kier alpha value is -2.87. The number of aromatic nitrogens is 1. The summed E-state index contributed by atoms with van der Waals surface area (Å²) in [4.78, 5) is 25.5. The molecule has 0 spiro atoms. The first-order valence-corrected chi connectivity index (χ1v) is 8.08. The number of thiophene rings is 1. The molecule has 1 amide bonds. The van der Waals surface area contributed by atoms with E-state index in [1.807, 2.05) is 47.5 Å². The predicted octanol–water partition coefficient (Wildman–Crippen LogP) is 3.43. The molecule has 0 saturated carbocycles. The zero-order valence-corrected chi connectivity index (χ0v) is 13.7. The molecular weight excluding hydrogens is 330 g/mol. The van der Waals surface area contributed by atoms with Gasteiger partial charge in [-0.05, 0) is 29.6 Å². The SMILES string of the molecule is Cn1cccc1CN(Cc1cccs1)C(=O)c1ccc([N+](=O)[O-])o1. The fraction of sp³-hybridized carbons (Fsp3) is 0.188. The van der Waals surface area contributed by atoms with Crippen LogP contribution < -0.4 is 0 Å². The molecule has 3 aromatic heterocycles. The van der Waals surface area contributed by atoms with Crippen molar-refractivity contribution in [2.45, 2.75) is 13.1 Å². The molecule has 124 valence electrons. The summed E-state index contributed by atoms with van der Waals surface area (Å²) in [6.07, 6.45) is 1.90. The van der Waals surface area contributed by atoms with Crippen LogP contribution in [-0.2, 0) is 20.1 Å². The Morgan fingerprint density at radius 3 is 2.71 bits per heavy atom. The Morgan fingerprint density at radius 2 is 2.12 bits per heavy atom. The van der Waals surface area contributed by atoms with E-state index in [1.165, 1.54) is 12.1 Å². The molecule has 0 aliphatic rings. The fourth-order valence-corrected chi connectivity index (χ4v) is 3.06. The van der Waals surface area contributed by atoms with Crippen molar-refractivity contribution >= 4 is 23.1 Å². The highest BCUT2D eigenvalue weighted by Gasteiger charge is 2.23. The summed E-state index contributed by atoms with van der Waals surface area (Å²) in [5.74, 6) is -0.849. The zero-order chi connectivity index (χ0) is 17.1. The maximum atomic E-state index is 12.7. The van der Waals surface area contributed by atoms with Gasteiger partial charge in [-0.15, -0.1) is 11.3 Å². The lowest BCUT2D eigenvalue weighted by atomic mass is 10.3. The first kappa shape index (κ1) is 16.0. The van der Waals surface area contributed by atoms with Crippen LogP contribution >= 0.6 is 11.3 Å². The second kappa shape index (κ2) is 6.71. The van der Waals surface area contributed by atoms with Gasteiger partial charge in [0.25, 0.3) is 5.91 Å². The molecular formula is C16H15N3O4S. The van der Waals surface area contributed by atoms with Gasteiger partial charge in [0.1, 0.15) is 4.92 Å². The molecule has 0 fully saturated rings. The van der Waals surface area contributed by atoms with E-state index in [9.17, 15) is 14.9 Å². The molecule has 3 heterocycles. The van der Waals surface area contributed by atoms with Crippen molar-refractivity contribution in [1.82, 2.24) is 9.47 Å². The minimum Gasteiger partial charge on any atom is -0.395 e. The van der Waals surface area contributed by atoms with E-state index in [4.69, 9.17) is 4.42 Å². The molecule has 0 atom stereocenters. The lowest BCUT2D eigenvalue weighted by Gasteiger charge is -2.21. The van der Waals surface area contributed by atoms with Crippen LogP contribution in [-0.4, -0.2) is 20.3 Å². The summed E-state index contributed by atoms with van der Waals surface area (Å²) in [7, 11) is 1.90. The Balaban J connectivity index is 1.86. The Morgan fingerprint density at radius 1 is 1.29 bits per heavy atom. The van der Waals surface area contributed by atoms with Gasteiger partial charge in [-0.1, -0.05) is 6.07 Å². The zero-order valence-electron chi connectivity index (χ0n) is 12.9. The molecule has 0 N–H and O–H groups in total. The molecule has 0 bridgehead atoms.